The maximum atomic E-state index is 13.4. The van der Waals surface area contributed by atoms with Crippen LogP contribution in [0, 0.1) is 5.92 Å². The second-order valence-electron chi connectivity index (χ2n) is 7.16. The lowest BCUT2D eigenvalue weighted by atomic mass is 9.86. The SMILES string of the molecule is CCC(CC)C(=O)N1CCc2cc(OC)c(OC)cc2C1c1cccc(Cl)c1. The molecule has 0 saturated carbocycles. The summed E-state index contributed by atoms with van der Waals surface area (Å²) in [6, 6.07) is 11.6. The largest absolute Gasteiger partial charge is 0.493 e. The molecule has 4 nitrogen and oxygen atoms in total. The van der Waals surface area contributed by atoms with Crippen molar-refractivity contribution >= 4 is 17.5 Å². The predicted molar refractivity (Wildman–Crippen MR) is 112 cm³/mol. The van der Waals surface area contributed by atoms with Gasteiger partial charge in [-0.3, -0.25) is 4.79 Å². The number of nitrogens with zero attached hydrogens (tertiary/aromatic N) is 1. The standard InChI is InChI=1S/C23H28ClNO3/c1-5-15(6-2)23(26)25-11-10-16-13-20(27-3)21(28-4)14-19(16)22(25)17-8-7-9-18(24)12-17/h7-9,12-15,22H,5-6,10-11H2,1-4H3. The highest BCUT2D eigenvalue weighted by Gasteiger charge is 2.35. The van der Waals surface area contributed by atoms with Gasteiger partial charge in [-0.05, 0) is 60.2 Å². The van der Waals surface area contributed by atoms with Crippen LogP contribution in [0.3, 0.4) is 0 Å². The summed E-state index contributed by atoms with van der Waals surface area (Å²) in [6.07, 6.45) is 2.47. The van der Waals surface area contributed by atoms with Gasteiger partial charge < -0.3 is 14.4 Å². The van der Waals surface area contributed by atoms with E-state index in [4.69, 9.17) is 21.1 Å². The molecule has 2 aromatic carbocycles. The Hall–Kier alpha value is -2.20. The second-order valence-corrected chi connectivity index (χ2v) is 7.60. The number of halogens is 1. The molecule has 0 spiro atoms. The van der Waals surface area contributed by atoms with Gasteiger partial charge in [-0.1, -0.05) is 37.6 Å². The topological polar surface area (TPSA) is 38.8 Å². The van der Waals surface area contributed by atoms with E-state index in [-0.39, 0.29) is 17.9 Å². The quantitative estimate of drug-likeness (QED) is 0.662. The summed E-state index contributed by atoms with van der Waals surface area (Å²) in [5.41, 5.74) is 3.27. The Kier molecular flexibility index (Phi) is 6.50. The fraction of sp³-hybridized carbons (Fsp3) is 0.435. The lowest BCUT2D eigenvalue weighted by Crippen LogP contribution is -2.43. The van der Waals surface area contributed by atoms with E-state index in [1.807, 2.05) is 41.3 Å². The molecule has 3 rings (SSSR count). The van der Waals surface area contributed by atoms with Gasteiger partial charge in [0.15, 0.2) is 11.5 Å². The zero-order chi connectivity index (χ0) is 20.3. The molecule has 0 radical (unpaired) electrons. The molecule has 0 aliphatic carbocycles. The average Bonchev–Trinajstić information content (AvgIpc) is 2.72. The molecule has 1 aliphatic heterocycles. The van der Waals surface area contributed by atoms with Gasteiger partial charge in [-0.15, -0.1) is 0 Å². The molecular formula is C23H28ClNO3. The van der Waals surface area contributed by atoms with E-state index in [1.165, 1.54) is 5.56 Å². The number of hydrogen-bond donors (Lipinski definition) is 0. The van der Waals surface area contributed by atoms with Gasteiger partial charge >= 0.3 is 0 Å². The van der Waals surface area contributed by atoms with Gasteiger partial charge in [0.25, 0.3) is 0 Å². The molecule has 150 valence electrons. The van der Waals surface area contributed by atoms with Crippen LogP contribution in [0.15, 0.2) is 36.4 Å². The molecule has 1 aliphatic rings. The van der Waals surface area contributed by atoms with E-state index in [1.54, 1.807) is 14.2 Å². The molecule has 0 bridgehead atoms. The predicted octanol–water partition coefficient (Wildman–Crippen LogP) is 5.27. The van der Waals surface area contributed by atoms with Crippen molar-refractivity contribution in [2.75, 3.05) is 20.8 Å². The summed E-state index contributed by atoms with van der Waals surface area (Å²) in [5, 5.41) is 0.667. The number of fused-ring (bicyclic) bond motifs is 1. The summed E-state index contributed by atoms with van der Waals surface area (Å²) in [5.74, 6) is 1.62. The number of methoxy groups -OCH3 is 2. The molecule has 1 heterocycles. The first-order chi connectivity index (χ1) is 13.5. The smallest absolute Gasteiger partial charge is 0.226 e. The molecule has 1 atom stereocenters. The van der Waals surface area contributed by atoms with E-state index in [0.717, 1.165) is 30.4 Å². The molecule has 0 N–H and O–H groups in total. The van der Waals surface area contributed by atoms with Crippen molar-refractivity contribution in [3.05, 3.63) is 58.1 Å². The lowest BCUT2D eigenvalue weighted by molar-refractivity contribution is -0.137. The fourth-order valence-corrected chi connectivity index (χ4v) is 4.29. The minimum Gasteiger partial charge on any atom is -0.493 e. The summed E-state index contributed by atoms with van der Waals surface area (Å²) in [6.45, 7) is 4.83. The van der Waals surface area contributed by atoms with Crippen molar-refractivity contribution in [1.29, 1.82) is 0 Å². The van der Waals surface area contributed by atoms with E-state index in [9.17, 15) is 4.79 Å². The molecular weight excluding hydrogens is 374 g/mol. The molecule has 0 aromatic heterocycles. The Morgan fingerprint density at radius 2 is 1.82 bits per heavy atom. The Labute approximate surface area is 172 Å². The third kappa shape index (κ3) is 3.83. The normalized spacial score (nSPS) is 16.1. The lowest BCUT2D eigenvalue weighted by Gasteiger charge is -2.39. The number of benzene rings is 2. The first kappa shape index (κ1) is 20.5. The fourth-order valence-electron chi connectivity index (χ4n) is 4.09. The Morgan fingerprint density at radius 1 is 1.14 bits per heavy atom. The molecule has 2 aromatic rings. The van der Waals surface area contributed by atoms with Crippen LogP contribution in [0.5, 0.6) is 11.5 Å². The van der Waals surface area contributed by atoms with Gasteiger partial charge in [0.05, 0.1) is 20.3 Å². The molecule has 1 amide bonds. The van der Waals surface area contributed by atoms with Crippen LogP contribution in [0.4, 0.5) is 0 Å². The summed E-state index contributed by atoms with van der Waals surface area (Å²) in [4.78, 5) is 15.4. The molecule has 28 heavy (non-hydrogen) atoms. The number of amides is 1. The van der Waals surface area contributed by atoms with Crippen LogP contribution in [-0.4, -0.2) is 31.6 Å². The number of ether oxygens (including phenoxy) is 2. The van der Waals surface area contributed by atoms with Crippen LogP contribution in [0.1, 0.15) is 49.4 Å². The van der Waals surface area contributed by atoms with Crippen molar-refractivity contribution in [3.8, 4) is 11.5 Å². The van der Waals surface area contributed by atoms with Crippen molar-refractivity contribution in [2.24, 2.45) is 5.92 Å². The highest BCUT2D eigenvalue weighted by Crippen LogP contribution is 2.42. The number of carbonyl (C=O) groups excluding carboxylic acids is 1. The van der Waals surface area contributed by atoms with Crippen molar-refractivity contribution in [2.45, 2.75) is 39.2 Å². The van der Waals surface area contributed by atoms with Gasteiger partial charge in [0.1, 0.15) is 0 Å². The van der Waals surface area contributed by atoms with Crippen molar-refractivity contribution < 1.29 is 14.3 Å². The Balaban J connectivity index is 2.15. The molecule has 5 heteroatoms. The summed E-state index contributed by atoms with van der Waals surface area (Å²) < 4.78 is 11.0. The minimum atomic E-state index is -0.185. The Bertz CT molecular complexity index is 848. The van der Waals surface area contributed by atoms with E-state index in [0.29, 0.717) is 23.1 Å². The summed E-state index contributed by atoms with van der Waals surface area (Å²) >= 11 is 6.29. The van der Waals surface area contributed by atoms with Crippen LogP contribution in [0.25, 0.3) is 0 Å². The van der Waals surface area contributed by atoms with E-state index >= 15 is 0 Å². The molecule has 0 fully saturated rings. The van der Waals surface area contributed by atoms with Gasteiger partial charge in [0, 0.05) is 17.5 Å². The van der Waals surface area contributed by atoms with Crippen LogP contribution in [0.2, 0.25) is 5.02 Å². The number of hydrogen-bond acceptors (Lipinski definition) is 3. The van der Waals surface area contributed by atoms with Crippen LogP contribution < -0.4 is 9.47 Å². The molecule has 1 unspecified atom stereocenters. The van der Waals surface area contributed by atoms with Crippen molar-refractivity contribution in [1.82, 2.24) is 4.90 Å². The highest BCUT2D eigenvalue weighted by atomic mass is 35.5. The van der Waals surface area contributed by atoms with Crippen LogP contribution in [-0.2, 0) is 11.2 Å². The minimum absolute atomic E-state index is 0.0309. The first-order valence-electron chi connectivity index (χ1n) is 9.84. The molecule has 0 saturated heterocycles. The third-order valence-corrected chi connectivity index (χ3v) is 5.89. The average molecular weight is 402 g/mol. The van der Waals surface area contributed by atoms with Gasteiger partial charge in [0.2, 0.25) is 5.91 Å². The second kappa shape index (κ2) is 8.87. The monoisotopic (exact) mass is 401 g/mol. The van der Waals surface area contributed by atoms with Crippen LogP contribution >= 0.6 is 11.6 Å². The van der Waals surface area contributed by atoms with Gasteiger partial charge in [-0.25, -0.2) is 0 Å². The van der Waals surface area contributed by atoms with Gasteiger partial charge in [-0.2, -0.15) is 0 Å². The highest BCUT2D eigenvalue weighted by molar-refractivity contribution is 6.30. The maximum Gasteiger partial charge on any atom is 0.226 e. The zero-order valence-corrected chi connectivity index (χ0v) is 17.8. The van der Waals surface area contributed by atoms with E-state index in [2.05, 4.69) is 13.8 Å². The van der Waals surface area contributed by atoms with Crippen molar-refractivity contribution in [3.63, 3.8) is 0 Å². The zero-order valence-electron chi connectivity index (χ0n) is 17.0. The summed E-state index contributed by atoms with van der Waals surface area (Å²) in [7, 11) is 3.28. The first-order valence-corrected chi connectivity index (χ1v) is 10.2. The number of carbonyl (C=O) groups is 1. The maximum absolute atomic E-state index is 13.4. The number of rotatable bonds is 6. The van der Waals surface area contributed by atoms with E-state index < -0.39 is 0 Å². The Morgan fingerprint density at radius 3 is 2.43 bits per heavy atom. The third-order valence-electron chi connectivity index (χ3n) is 5.66.